The predicted octanol–water partition coefficient (Wildman–Crippen LogP) is 0.548. The van der Waals surface area contributed by atoms with E-state index < -0.39 is 29.7 Å². The summed E-state index contributed by atoms with van der Waals surface area (Å²) in [5, 5.41) is 27.3. The summed E-state index contributed by atoms with van der Waals surface area (Å²) in [6.45, 7) is 3.83. The SMILES string of the molecule is CC(C)c1ccc(-n2nncc2-c2cn(C3CC(O)C(CO)O3)c(=O)[nH]c2=O)cc1. The first-order chi connectivity index (χ1) is 14.4. The molecule has 1 fully saturated rings. The standard InChI is InChI=1S/C20H23N5O5/c1-11(2)12-3-5-13(6-4-12)25-15(8-21-23-25)14-9-24(20(29)22-19(14)28)18-7-16(27)17(10-26)30-18/h3-6,8-9,11,16-18,26-27H,7,10H2,1-2H3,(H,22,28,29). The molecule has 3 N–H and O–H groups in total. The topological polar surface area (TPSA) is 135 Å². The third kappa shape index (κ3) is 3.60. The molecule has 1 aliphatic rings. The number of benzene rings is 1. The number of nitrogens with one attached hydrogen (secondary N) is 1. The number of aromatic nitrogens is 5. The minimum Gasteiger partial charge on any atom is -0.394 e. The molecule has 3 heterocycles. The lowest BCUT2D eigenvalue weighted by molar-refractivity contribution is -0.0458. The molecule has 2 aromatic heterocycles. The molecule has 1 aromatic carbocycles. The van der Waals surface area contributed by atoms with E-state index in [0.29, 0.717) is 11.6 Å². The Bertz CT molecular complexity index is 1150. The summed E-state index contributed by atoms with van der Waals surface area (Å²) >= 11 is 0. The summed E-state index contributed by atoms with van der Waals surface area (Å²) in [5.74, 6) is 0.380. The van der Waals surface area contributed by atoms with Crippen LogP contribution < -0.4 is 11.2 Å². The van der Waals surface area contributed by atoms with Gasteiger partial charge in [0.15, 0.2) is 0 Å². The van der Waals surface area contributed by atoms with Crippen molar-refractivity contribution in [3.63, 3.8) is 0 Å². The highest BCUT2D eigenvalue weighted by Gasteiger charge is 2.35. The summed E-state index contributed by atoms with van der Waals surface area (Å²) in [6, 6.07) is 7.75. The van der Waals surface area contributed by atoms with Gasteiger partial charge < -0.3 is 14.9 Å². The van der Waals surface area contributed by atoms with Gasteiger partial charge >= 0.3 is 5.69 Å². The first-order valence-corrected chi connectivity index (χ1v) is 9.70. The Balaban J connectivity index is 1.75. The van der Waals surface area contributed by atoms with Gasteiger partial charge in [0.05, 0.1) is 30.2 Å². The maximum atomic E-state index is 12.5. The van der Waals surface area contributed by atoms with Gasteiger partial charge in [0.1, 0.15) is 18.0 Å². The Hall–Kier alpha value is -3.08. The second-order valence-electron chi connectivity index (χ2n) is 7.60. The average molecular weight is 413 g/mol. The molecule has 0 spiro atoms. The largest absolute Gasteiger partial charge is 0.394 e. The Labute approximate surface area is 171 Å². The molecule has 30 heavy (non-hydrogen) atoms. The van der Waals surface area contributed by atoms with Crippen LogP contribution in [0.15, 0.2) is 46.2 Å². The number of aliphatic hydroxyl groups is 2. The van der Waals surface area contributed by atoms with E-state index >= 15 is 0 Å². The van der Waals surface area contributed by atoms with Gasteiger partial charge in [-0.3, -0.25) is 14.3 Å². The molecule has 1 aliphatic heterocycles. The highest BCUT2D eigenvalue weighted by molar-refractivity contribution is 5.59. The quantitative estimate of drug-likeness (QED) is 0.556. The van der Waals surface area contributed by atoms with E-state index in [0.717, 1.165) is 5.69 Å². The van der Waals surface area contributed by atoms with Crippen molar-refractivity contribution in [2.45, 2.75) is 44.6 Å². The lowest BCUT2D eigenvalue weighted by atomic mass is 10.0. The van der Waals surface area contributed by atoms with E-state index in [-0.39, 0.29) is 18.6 Å². The number of aliphatic hydroxyl groups excluding tert-OH is 2. The Morgan fingerprint density at radius 1 is 1.27 bits per heavy atom. The van der Waals surface area contributed by atoms with Crippen LogP contribution in [0.2, 0.25) is 0 Å². The molecular weight excluding hydrogens is 390 g/mol. The van der Waals surface area contributed by atoms with E-state index in [1.54, 1.807) is 0 Å². The fraction of sp³-hybridized carbons (Fsp3) is 0.400. The van der Waals surface area contributed by atoms with Crippen molar-refractivity contribution in [3.8, 4) is 16.9 Å². The van der Waals surface area contributed by atoms with E-state index in [1.807, 2.05) is 24.3 Å². The molecule has 0 aliphatic carbocycles. The van der Waals surface area contributed by atoms with Crippen molar-refractivity contribution >= 4 is 0 Å². The van der Waals surface area contributed by atoms with Crippen LogP contribution in [0, 0.1) is 0 Å². The molecule has 10 heteroatoms. The molecule has 0 saturated carbocycles. The van der Waals surface area contributed by atoms with Crippen molar-refractivity contribution in [2.24, 2.45) is 0 Å². The van der Waals surface area contributed by atoms with Crippen LogP contribution in [0.1, 0.15) is 38.0 Å². The van der Waals surface area contributed by atoms with Crippen molar-refractivity contribution in [3.05, 3.63) is 63.1 Å². The van der Waals surface area contributed by atoms with Crippen LogP contribution in [0.5, 0.6) is 0 Å². The number of hydrogen-bond donors (Lipinski definition) is 3. The molecule has 3 unspecified atom stereocenters. The monoisotopic (exact) mass is 413 g/mol. The van der Waals surface area contributed by atoms with Crippen molar-refractivity contribution in [2.75, 3.05) is 6.61 Å². The Morgan fingerprint density at radius 2 is 2.00 bits per heavy atom. The highest BCUT2D eigenvalue weighted by atomic mass is 16.5. The van der Waals surface area contributed by atoms with Crippen LogP contribution >= 0.6 is 0 Å². The fourth-order valence-electron chi connectivity index (χ4n) is 3.54. The summed E-state index contributed by atoms with van der Waals surface area (Å²) in [6.07, 6.45) is 0.421. The van der Waals surface area contributed by atoms with E-state index in [1.165, 1.54) is 27.2 Å². The number of H-pyrrole nitrogens is 1. The molecule has 1 saturated heterocycles. The lowest BCUT2D eigenvalue weighted by Crippen LogP contribution is -2.33. The average Bonchev–Trinajstić information content (AvgIpc) is 3.34. The van der Waals surface area contributed by atoms with Crippen LogP contribution in [0.4, 0.5) is 0 Å². The highest BCUT2D eigenvalue weighted by Crippen LogP contribution is 2.28. The third-order valence-corrected chi connectivity index (χ3v) is 5.29. The molecule has 4 rings (SSSR count). The molecule has 10 nitrogen and oxygen atoms in total. The first-order valence-electron chi connectivity index (χ1n) is 9.70. The van der Waals surface area contributed by atoms with Gasteiger partial charge in [0.2, 0.25) is 0 Å². The summed E-state index contributed by atoms with van der Waals surface area (Å²) in [4.78, 5) is 27.2. The van der Waals surface area contributed by atoms with Crippen LogP contribution in [0.25, 0.3) is 16.9 Å². The molecule has 158 valence electrons. The number of nitrogens with zero attached hydrogens (tertiary/aromatic N) is 4. The zero-order valence-corrected chi connectivity index (χ0v) is 16.6. The lowest BCUT2D eigenvalue weighted by Gasteiger charge is -2.15. The van der Waals surface area contributed by atoms with E-state index in [9.17, 15) is 19.8 Å². The first kappa shape index (κ1) is 20.2. The minimum absolute atomic E-state index is 0.116. The maximum Gasteiger partial charge on any atom is 0.330 e. The summed E-state index contributed by atoms with van der Waals surface area (Å²) in [7, 11) is 0. The van der Waals surface area contributed by atoms with Crippen molar-refractivity contribution in [1.82, 2.24) is 24.5 Å². The molecular formula is C20H23N5O5. The minimum atomic E-state index is -0.908. The van der Waals surface area contributed by atoms with Crippen LogP contribution in [-0.4, -0.2) is 53.6 Å². The second kappa shape index (κ2) is 7.98. The smallest absolute Gasteiger partial charge is 0.330 e. The van der Waals surface area contributed by atoms with Crippen LogP contribution in [0.3, 0.4) is 0 Å². The maximum absolute atomic E-state index is 12.5. The van der Waals surface area contributed by atoms with Gasteiger partial charge in [-0.2, -0.15) is 0 Å². The molecule has 0 radical (unpaired) electrons. The van der Waals surface area contributed by atoms with Gasteiger partial charge in [-0.15, -0.1) is 5.10 Å². The van der Waals surface area contributed by atoms with Gasteiger partial charge in [-0.25, -0.2) is 9.48 Å². The predicted molar refractivity (Wildman–Crippen MR) is 107 cm³/mol. The Kier molecular flexibility index (Phi) is 5.37. The van der Waals surface area contributed by atoms with Crippen molar-refractivity contribution < 1.29 is 14.9 Å². The number of rotatable bonds is 5. The van der Waals surface area contributed by atoms with Gasteiger partial charge in [-0.05, 0) is 23.6 Å². The normalized spacial score (nSPS) is 21.4. The number of aromatic amines is 1. The molecule has 3 atom stereocenters. The Morgan fingerprint density at radius 3 is 2.63 bits per heavy atom. The zero-order chi connectivity index (χ0) is 21.4. The van der Waals surface area contributed by atoms with E-state index in [2.05, 4.69) is 29.1 Å². The summed E-state index contributed by atoms with van der Waals surface area (Å²) < 4.78 is 8.28. The third-order valence-electron chi connectivity index (χ3n) is 5.29. The van der Waals surface area contributed by atoms with E-state index in [4.69, 9.17) is 4.74 Å². The zero-order valence-electron chi connectivity index (χ0n) is 16.6. The van der Waals surface area contributed by atoms with Crippen LogP contribution in [-0.2, 0) is 4.74 Å². The number of hydrogen-bond acceptors (Lipinski definition) is 7. The second-order valence-corrected chi connectivity index (χ2v) is 7.60. The van der Waals surface area contributed by atoms with Gasteiger partial charge in [0.25, 0.3) is 5.56 Å². The fourth-order valence-corrected chi connectivity index (χ4v) is 3.54. The summed E-state index contributed by atoms with van der Waals surface area (Å²) in [5.41, 5.74) is 1.22. The molecule has 3 aromatic rings. The van der Waals surface area contributed by atoms with Crippen molar-refractivity contribution in [1.29, 1.82) is 0 Å². The van der Waals surface area contributed by atoms with Gasteiger partial charge in [-0.1, -0.05) is 31.2 Å². The molecule has 0 amide bonds. The molecule has 0 bridgehead atoms. The number of ether oxygens (including phenoxy) is 1. The van der Waals surface area contributed by atoms with Gasteiger partial charge in [0, 0.05) is 12.6 Å².